The van der Waals surface area contributed by atoms with Crippen LogP contribution >= 0.6 is 0 Å². The fourth-order valence-corrected chi connectivity index (χ4v) is 2.72. The van der Waals surface area contributed by atoms with E-state index in [9.17, 15) is 9.18 Å². The third-order valence-electron chi connectivity index (χ3n) is 4.11. The van der Waals surface area contributed by atoms with Crippen molar-refractivity contribution >= 4 is 11.6 Å². The minimum absolute atomic E-state index is 0.0541. The molecule has 0 saturated carbocycles. The molecule has 1 saturated heterocycles. The van der Waals surface area contributed by atoms with Gasteiger partial charge in [0.25, 0.3) is 0 Å². The van der Waals surface area contributed by atoms with Crippen LogP contribution in [0.2, 0.25) is 0 Å². The van der Waals surface area contributed by atoms with Crippen molar-refractivity contribution < 1.29 is 13.9 Å². The largest absolute Gasteiger partial charge is 0.378 e. The van der Waals surface area contributed by atoms with Crippen molar-refractivity contribution in [2.75, 3.05) is 31.2 Å². The summed E-state index contributed by atoms with van der Waals surface area (Å²) < 4.78 is 18.9. The van der Waals surface area contributed by atoms with Crippen molar-refractivity contribution in [3.63, 3.8) is 0 Å². The number of benzene rings is 2. The first kappa shape index (κ1) is 16.5. The van der Waals surface area contributed by atoms with E-state index in [-0.39, 0.29) is 18.1 Å². The van der Waals surface area contributed by atoms with Crippen LogP contribution in [0.1, 0.15) is 11.1 Å². The standard InChI is InChI=1S/C19H21FN2O2/c20-18-4-2-1-3-16(18)13-19(23)21-14-15-5-7-17(8-6-15)22-9-11-24-12-10-22/h1-8H,9-14H2,(H,21,23). The van der Waals surface area contributed by atoms with E-state index >= 15 is 0 Å². The van der Waals surface area contributed by atoms with Crippen LogP contribution < -0.4 is 10.2 Å². The molecule has 126 valence electrons. The normalized spacial score (nSPS) is 14.5. The lowest BCUT2D eigenvalue weighted by molar-refractivity contribution is -0.120. The van der Waals surface area contributed by atoms with E-state index in [0.29, 0.717) is 12.1 Å². The summed E-state index contributed by atoms with van der Waals surface area (Å²) in [6.45, 7) is 3.76. The second kappa shape index (κ2) is 7.93. The fourth-order valence-electron chi connectivity index (χ4n) is 2.72. The molecule has 1 N–H and O–H groups in total. The summed E-state index contributed by atoms with van der Waals surface area (Å²) in [7, 11) is 0. The Bertz CT molecular complexity index is 682. The van der Waals surface area contributed by atoms with Crippen molar-refractivity contribution in [1.29, 1.82) is 0 Å². The Morgan fingerprint density at radius 2 is 1.79 bits per heavy atom. The first-order chi connectivity index (χ1) is 11.7. The quantitative estimate of drug-likeness (QED) is 0.917. The van der Waals surface area contributed by atoms with Crippen LogP contribution in [0, 0.1) is 5.82 Å². The molecule has 0 aliphatic carbocycles. The Morgan fingerprint density at radius 1 is 1.08 bits per heavy atom. The minimum atomic E-state index is -0.345. The summed E-state index contributed by atoms with van der Waals surface area (Å²) in [5.74, 6) is -0.528. The zero-order valence-corrected chi connectivity index (χ0v) is 13.5. The molecular weight excluding hydrogens is 307 g/mol. The maximum Gasteiger partial charge on any atom is 0.224 e. The second-order valence-electron chi connectivity index (χ2n) is 5.81. The zero-order valence-electron chi connectivity index (χ0n) is 13.5. The lowest BCUT2D eigenvalue weighted by Gasteiger charge is -2.28. The smallest absolute Gasteiger partial charge is 0.224 e. The van der Waals surface area contributed by atoms with Crippen LogP contribution in [0.3, 0.4) is 0 Å². The van der Waals surface area contributed by atoms with Gasteiger partial charge in [0.2, 0.25) is 5.91 Å². The second-order valence-corrected chi connectivity index (χ2v) is 5.81. The Kier molecular flexibility index (Phi) is 5.43. The van der Waals surface area contributed by atoms with E-state index in [4.69, 9.17) is 4.74 Å². The molecule has 1 aliphatic rings. The van der Waals surface area contributed by atoms with Gasteiger partial charge in [0, 0.05) is 25.3 Å². The van der Waals surface area contributed by atoms with Crippen LogP contribution in [0.15, 0.2) is 48.5 Å². The number of nitrogens with zero attached hydrogens (tertiary/aromatic N) is 1. The van der Waals surface area contributed by atoms with Crippen molar-refractivity contribution in [2.45, 2.75) is 13.0 Å². The Morgan fingerprint density at radius 3 is 2.50 bits per heavy atom. The van der Waals surface area contributed by atoms with Gasteiger partial charge in [-0.15, -0.1) is 0 Å². The highest BCUT2D eigenvalue weighted by Crippen LogP contribution is 2.16. The fraction of sp³-hybridized carbons (Fsp3) is 0.316. The molecule has 1 amide bonds. The molecule has 0 radical (unpaired) electrons. The van der Waals surface area contributed by atoms with Gasteiger partial charge in [0.05, 0.1) is 19.6 Å². The summed E-state index contributed by atoms with van der Waals surface area (Å²) in [5, 5.41) is 2.83. The van der Waals surface area contributed by atoms with Gasteiger partial charge in [-0.3, -0.25) is 4.79 Å². The molecule has 1 aliphatic heterocycles. The number of amides is 1. The van der Waals surface area contributed by atoms with Gasteiger partial charge in [-0.05, 0) is 29.3 Å². The van der Waals surface area contributed by atoms with Crippen LogP contribution in [0.5, 0.6) is 0 Å². The number of carbonyl (C=O) groups excluding carboxylic acids is 1. The Balaban J connectivity index is 1.51. The number of morpholine rings is 1. The van der Waals surface area contributed by atoms with Crippen LogP contribution in [0.25, 0.3) is 0 Å². The summed E-state index contributed by atoms with van der Waals surface area (Å²) in [6.07, 6.45) is 0.0541. The number of nitrogens with one attached hydrogen (secondary N) is 1. The van der Waals surface area contributed by atoms with E-state index in [1.807, 2.05) is 12.1 Å². The minimum Gasteiger partial charge on any atom is -0.378 e. The monoisotopic (exact) mass is 328 g/mol. The lowest BCUT2D eigenvalue weighted by Crippen LogP contribution is -2.36. The molecule has 0 spiro atoms. The van der Waals surface area contributed by atoms with E-state index in [2.05, 4.69) is 22.3 Å². The van der Waals surface area contributed by atoms with Crippen LogP contribution in [-0.4, -0.2) is 32.2 Å². The third-order valence-corrected chi connectivity index (χ3v) is 4.11. The van der Waals surface area contributed by atoms with Gasteiger partial charge in [0.1, 0.15) is 5.82 Å². The number of halogens is 1. The number of anilines is 1. The molecule has 1 heterocycles. The van der Waals surface area contributed by atoms with Gasteiger partial charge in [-0.2, -0.15) is 0 Å². The Hall–Kier alpha value is -2.40. The number of ether oxygens (including phenoxy) is 1. The van der Waals surface area contributed by atoms with Crippen LogP contribution in [0.4, 0.5) is 10.1 Å². The van der Waals surface area contributed by atoms with E-state index in [1.165, 1.54) is 11.8 Å². The third kappa shape index (κ3) is 4.32. The van der Waals surface area contributed by atoms with Crippen molar-refractivity contribution in [2.24, 2.45) is 0 Å². The lowest BCUT2D eigenvalue weighted by atomic mass is 10.1. The first-order valence-electron chi connectivity index (χ1n) is 8.14. The SMILES string of the molecule is O=C(Cc1ccccc1F)NCc1ccc(N2CCOCC2)cc1. The van der Waals surface area contributed by atoms with Gasteiger partial charge in [-0.1, -0.05) is 30.3 Å². The molecule has 0 atom stereocenters. The number of carbonyl (C=O) groups is 1. The van der Waals surface area contributed by atoms with Gasteiger partial charge in [-0.25, -0.2) is 4.39 Å². The van der Waals surface area contributed by atoms with E-state index in [0.717, 1.165) is 31.9 Å². The topological polar surface area (TPSA) is 41.6 Å². The predicted octanol–water partition coefficient (Wildman–Crippen LogP) is 2.52. The van der Waals surface area contributed by atoms with E-state index < -0.39 is 0 Å². The van der Waals surface area contributed by atoms with E-state index in [1.54, 1.807) is 18.2 Å². The molecule has 0 aromatic heterocycles. The highest BCUT2D eigenvalue weighted by atomic mass is 19.1. The predicted molar refractivity (Wildman–Crippen MR) is 91.4 cm³/mol. The summed E-state index contributed by atoms with van der Waals surface area (Å²) in [5.41, 5.74) is 2.60. The van der Waals surface area contributed by atoms with Gasteiger partial charge < -0.3 is 15.0 Å². The average molecular weight is 328 g/mol. The summed E-state index contributed by atoms with van der Waals surface area (Å²) in [4.78, 5) is 14.2. The molecule has 2 aromatic carbocycles. The van der Waals surface area contributed by atoms with Crippen LogP contribution in [-0.2, 0) is 22.5 Å². The maximum atomic E-state index is 13.5. The van der Waals surface area contributed by atoms with Crippen molar-refractivity contribution in [1.82, 2.24) is 5.32 Å². The van der Waals surface area contributed by atoms with Gasteiger partial charge in [0.15, 0.2) is 0 Å². The highest BCUT2D eigenvalue weighted by Gasteiger charge is 2.11. The first-order valence-corrected chi connectivity index (χ1v) is 8.14. The summed E-state index contributed by atoms with van der Waals surface area (Å²) >= 11 is 0. The number of hydrogen-bond acceptors (Lipinski definition) is 3. The summed E-state index contributed by atoms with van der Waals surface area (Å²) in [6, 6.07) is 14.5. The average Bonchev–Trinajstić information content (AvgIpc) is 2.63. The number of rotatable bonds is 5. The molecule has 5 heteroatoms. The molecular formula is C19H21FN2O2. The molecule has 2 aromatic rings. The highest BCUT2D eigenvalue weighted by molar-refractivity contribution is 5.78. The zero-order chi connectivity index (χ0) is 16.8. The molecule has 1 fully saturated rings. The molecule has 0 unspecified atom stereocenters. The van der Waals surface area contributed by atoms with Gasteiger partial charge >= 0.3 is 0 Å². The molecule has 4 nitrogen and oxygen atoms in total. The van der Waals surface area contributed by atoms with Crippen molar-refractivity contribution in [3.05, 3.63) is 65.5 Å². The molecule has 24 heavy (non-hydrogen) atoms. The molecule has 3 rings (SSSR count). The Labute approximate surface area is 141 Å². The maximum absolute atomic E-state index is 13.5. The molecule has 0 bridgehead atoms. The number of hydrogen-bond donors (Lipinski definition) is 1. The van der Waals surface area contributed by atoms with Crippen molar-refractivity contribution in [3.8, 4) is 0 Å².